The minimum absolute atomic E-state index is 0.00755. The maximum atomic E-state index is 16.1. The number of allylic oxidation sites excluding steroid dienone is 5. The van der Waals surface area contributed by atoms with Gasteiger partial charge in [-0.3, -0.25) is 14.8 Å². The molecule has 0 bridgehead atoms. The van der Waals surface area contributed by atoms with Crippen LogP contribution in [0.15, 0.2) is 64.6 Å². The molecule has 4 heterocycles. The average Bonchev–Trinajstić information content (AvgIpc) is 2.97. The number of aliphatic hydroxyl groups is 1. The molecular formula is C31H33F2N7O5. The van der Waals surface area contributed by atoms with Gasteiger partial charge in [0, 0.05) is 25.7 Å². The van der Waals surface area contributed by atoms with Crippen LogP contribution in [-0.2, 0) is 9.59 Å². The molecule has 45 heavy (non-hydrogen) atoms. The zero-order chi connectivity index (χ0) is 32.9. The Balaban J connectivity index is 1.83. The van der Waals surface area contributed by atoms with Crippen LogP contribution in [0.4, 0.5) is 20.4 Å². The van der Waals surface area contributed by atoms with Crippen molar-refractivity contribution in [2.24, 2.45) is 0 Å². The Labute approximate surface area is 257 Å². The van der Waals surface area contributed by atoms with E-state index in [9.17, 15) is 29.1 Å². The number of hydroxylamine groups is 1. The fourth-order valence-electron chi connectivity index (χ4n) is 5.76. The number of aromatic nitrogens is 4. The van der Waals surface area contributed by atoms with Gasteiger partial charge in [-0.05, 0) is 37.0 Å². The Bertz CT molecular complexity index is 1780. The van der Waals surface area contributed by atoms with Crippen molar-refractivity contribution in [3.8, 4) is 5.69 Å². The van der Waals surface area contributed by atoms with Crippen molar-refractivity contribution in [3.63, 3.8) is 0 Å². The van der Waals surface area contributed by atoms with E-state index in [4.69, 9.17) is 0 Å². The first-order chi connectivity index (χ1) is 21.2. The molecule has 2 N–H and O–H groups in total. The zero-order valence-electron chi connectivity index (χ0n) is 25.5. The number of ketones is 1. The standard InChI is InChI=1S/C31H33F2N7O5/c1-15(2)24-27(25(16(3)4)35-14-34-24)39-29-19(12-20(33)26(40(29)45)23-21(41)8-7-9-22(23)42)28(36-31(39)44)38-11-10-37(13-17(38)5)30(43)18(6)32/h7-9,12,14-17,41,45H,6,10-11,13H2,1-5H3/b26-23-/t17-/m0/s1. The van der Waals surface area contributed by atoms with Crippen LogP contribution in [0.1, 0.15) is 63.4 Å². The van der Waals surface area contributed by atoms with Crippen molar-refractivity contribution in [1.29, 1.82) is 0 Å². The number of piperazine rings is 1. The second-order valence-electron chi connectivity index (χ2n) is 11.6. The summed E-state index contributed by atoms with van der Waals surface area (Å²) in [5, 5.41) is 22.7. The van der Waals surface area contributed by atoms with Crippen LogP contribution in [0.3, 0.4) is 0 Å². The minimum atomic E-state index is -1.10. The fourth-order valence-corrected chi connectivity index (χ4v) is 5.76. The van der Waals surface area contributed by atoms with E-state index in [1.54, 1.807) is 11.8 Å². The Morgan fingerprint density at radius 1 is 1.11 bits per heavy atom. The summed E-state index contributed by atoms with van der Waals surface area (Å²) in [7, 11) is 0. The predicted octanol–water partition coefficient (Wildman–Crippen LogP) is 4.14. The average molecular weight is 622 g/mol. The van der Waals surface area contributed by atoms with Gasteiger partial charge in [-0.25, -0.2) is 33.2 Å². The first-order valence-corrected chi connectivity index (χ1v) is 14.4. The molecule has 12 nitrogen and oxygen atoms in total. The molecule has 0 spiro atoms. The third kappa shape index (κ3) is 5.35. The second kappa shape index (κ2) is 11.8. The lowest BCUT2D eigenvalue weighted by Gasteiger charge is -2.41. The van der Waals surface area contributed by atoms with Crippen LogP contribution >= 0.6 is 0 Å². The summed E-state index contributed by atoms with van der Waals surface area (Å²) < 4.78 is 30.8. The van der Waals surface area contributed by atoms with Crippen molar-refractivity contribution in [1.82, 2.24) is 24.4 Å². The normalized spacial score (nSPS) is 20.1. The minimum Gasteiger partial charge on any atom is -0.507 e. The molecule has 2 aromatic heterocycles. The molecule has 5 rings (SSSR count). The van der Waals surface area contributed by atoms with Crippen molar-refractivity contribution in [3.05, 3.63) is 87.3 Å². The molecule has 1 amide bonds. The molecule has 3 aliphatic rings. The summed E-state index contributed by atoms with van der Waals surface area (Å²) in [6, 6.07) is -0.521. The number of fused-ring (bicyclic) bond motifs is 1. The molecule has 1 aliphatic carbocycles. The third-order valence-electron chi connectivity index (χ3n) is 7.85. The number of carbonyl (C=O) groups excluding carboxylic acids is 2. The number of nitrogens with zero attached hydrogens (tertiary/aromatic N) is 7. The number of anilines is 2. The van der Waals surface area contributed by atoms with Crippen LogP contribution < -0.4 is 15.7 Å². The van der Waals surface area contributed by atoms with Gasteiger partial charge in [-0.1, -0.05) is 40.3 Å². The molecule has 1 atom stereocenters. The Hall–Kier alpha value is -4.98. The maximum Gasteiger partial charge on any atom is 0.355 e. The number of carbonyl (C=O) groups is 2. The molecule has 236 valence electrons. The van der Waals surface area contributed by atoms with E-state index in [0.29, 0.717) is 16.5 Å². The van der Waals surface area contributed by atoms with E-state index in [1.165, 1.54) is 23.4 Å². The lowest BCUT2D eigenvalue weighted by molar-refractivity contribution is -0.129. The molecule has 0 saturated carbocycles. The van der Waals surface area contributed by atoms with Crippen LogP contribution in [0.25, 0.3) is 11.8 Å². The molecule has 2 aromatic rings. The maximum absolute atomic E-state index is 16.1. The molecule has 0 aromatic carbocycles. The first-order valence-electron chi connectivity index (χ1n) is 14.4. The van der Waals surface area contributed by atoms with Crippen LogP contribution in [0.2, 0.25) is 0 Å². The van der Waals surface area contributed by atoms with Gasteiger partial charge in [0.1, 0.15) is 23.6 Å². The van der Waals surface area contributed by atoms with Gasteiger partial charge in [0.25, 0.3) is 5.91 Å². The number of hydrogen-bond acceptors (Lipinski definition) is 10. The van der Waals surface area contributed by atoms with Crippen LogP contribution in [-0.4, -0.2) is 72.1 Å². The van der Waals surface area contributed by atoms with Crippen LogP contribution in [0.5, 0.6) is 0 Å². The zero-order valence-corrected chi connectivity index (χ0v) is 25.5. The monoisotopic (exact) mass is 621 g/mol. The SMILES string of the molecule is C=C(F)C(=O)N1CCN(c2nc(=O)n(-c3c(C(C)C)ncnc3C(C)C)c3c2C=C(F)/C(=C2/C(=O)C=CC=C2O)N3O)[C@@H](C)C1. The highest BCUT2D eigenvalue weighted by Crippen LogP contribution is 2.43. The molecule has 14 heteroatoms. The molecular weight excluding hydrogens is 588 g/mol. The highest BCUT2D eigenvalue weighted by atomic mass is 19.1. The van der Waals surface area contributed by atoms with Gasteiger partial charge in [-0.15, -0.1) is 0 Å². The Morgan fingerprint density at radius 2 is 1.76 bits per heavy atom. The number of halogens is 2. The van der Waals surface area contributed by atoms with Crippen molar-refractivity contribution < 1.29 is 28.7 Å². The number of hydrogen-bond donors (Lipinski definition) is 2. The van der Waals surface area contributed by atoms with E-state index < -0.39 is 52.1 Å². The van der Waals surface area contributed by atoms with E-state index in [1.807, 2.05) is 27.7 Å². The first kappa shape index (κ1) is 31.4. The molecule has 1 saturated heterocycles. The third-order valence-corrected chi connectivity index (χ3v) is 7.85. The molecule has 0 radical (unpaired) electrons. The van der Waals surface area contributed by atoms with Gasteiger partial charge in [0.15, 0.2) is 23.3 Å². The molecule has 2 aliphatic heterocycles. The van der Waals surface area contributed by atoms with Gasteiger partial charge >= 0.3 is 5.69 Å². The highest BCUT2D eigenvalue weighted by Gasteiger charge is 2.39. The van der Waals surface area contributed by atoms with Gasteiger partial charge in [0.2, 0.25) is 0 Å². The second-order valence-corrected chi connectivity index (χ2v) is 11.6. The molecule has 1 fully saturated rings. The van der Waals surface area contributed by atoms with Crippen molar-refractivity contribution in [2.75, 3.05) is 29.6 Å². The largest absolute Gasteiger partial charge is 0.507 e. The quantitative estimate of drug-likeness (QED) is 0.467. The number of amides is 1. The Morgan fingerprint density at radius 3 is 2.31 bits per heavy atom. The number of aliphatic hydroxyl groups excluding tert-OH is 1. The van der Waals surface area contributed by atoms with Gasteiger partial charge in [0.05, 0.1) is 28.2 Å². The van der Waals surface area contributed by atoms with Gasteiger partial charge in [-0.2, -0.15) is 4.98 Å². The summed E-state index contributed by atoms with van der Waals surface area (Å²) in [4.78, 5) is 55.4. The summed E-state index contributed by atoms with van der Waals surface area (Å²) >= 11 is 0. The fraction of sp³-hybridized carbons (Fsp3) is 0.355. The van der Waals surface area contributed by atoms with E-state index in [0.717, 1.165) is 16.7 Å². The predicted molar refractivity (Wildman–Crippen MR) is 162 cm³/mol. The summed E-state index contributed by atoms with van der Waals surface area (Å²) in [5.41, 5.74) is -0.916. The van der Waals surface area contributed by atoms with Crippen molar-refractivity contribution in [2.45, 2.75) is 52.5 Å². The smallest absolute Gasteiger partial charge is 0.355 e. The van der Waals surface area contributed by atoms with E-state index in [2.05, 4.69) is 21.5 Å². The number of rotatable bonds is 5. The van der Waals surface area contributed by atoms with Crippen molar-refractivity contribution >= 4 is 29.4 Å². The lowest BCUT2D eigenvalue weighted by Crippen LogP contribution is -2.54. The van der Waals surface area contributed by atoms with Crippen LogP contribution in [0, 0.1) is 0 Å². The summed E-state index contributed by atoms with van der Waals surface area (Å²) in [5.74, 6) is -5.11. The van der Waals surface area contributed by atoms with E-state index >= 15 is 4.39 Å². The van der Waals surface area contributed by atoms with E-state index in [-0.39, 0.29) is 54.4 Å². The highest BCUT2D eigenvalue weighted by molar-refractivity contribution is 6.10. The van der Waals surface area contributed by atoms with Gasteiger partial charge < -0.3 is 14.9 Å². The summed E-state index contributed by atoms with van der Waals surface area (Å²) in [6.07, 6.45) is 5.98. The lowest BCUT2D eigenvalue weighted by atomic mass is 9.97. The summed E-state index contributed by atoms with van der Waals surface area (Å²) in [6.45, 7) is 12.5. The topological polar surface area (TPSA) is 145 Å². The Kier molecular flexibility index (Phi) is 8.27. The molecule has 0 unspecified atom stereocenters.